The Kier molecular flexibility index (Phi) is 2.87. The van der Waals surface area contributed by atoms with Gasteiger partial charge in [0.05, 0.1) is 6.10 Å². The monoisotopic (exact) mass is 179 g/mol. The Hall–Kier alpha value is -0.520. The van der Waals surface area contributed by atoms with Crippen LogP contribution in [0.25, 0.3) is 0 Å². The molecule has 0 bridgehead atoms. The molecule has 0 amide bonds. The van der Waals surface area contributed by atoms with Gasteiger partial charge in [-0.05, 0) is 12.8 Å². The summed E-state index contributed by atoms with van der Waals surface area (Å²) >= 11 is 0. The maximum absolute atomic E-state index is 5.64. The lowest BCUT2D eigenvalue weighted by molar-refractivity contribution is 0.0359. The van der Waals surface area contributed by atoms with Gasteiger partial charge < -0.3 is 9.64 Å². The lowest BCUT2D eigenvalue weighted by atomic mass is 9.94. The summed E-state index contributed by atoms with van der Waals surface area (Å²) in [5.41, 5.74) is 0. The standard InChI is InChI=1S/C11H17NO/c1-2-3-6-12-7-4-11-10(9-12)5-8-13-11/h1,10-11H,3-9H2/t10-,11+/m0/s1. The molecule has 13 heavy (non-hydrogen) atoms. The molecular weight excluding hydrogens is 162 g/mol. The summed E-state index contributed by atoms with van der Waals surface area (Å²) in [5.74, 6) is 3.49. The first-order valence-electron chi connectivity index (χ1n) is 5.17. The average Bonchev–Trinajstić information content (AvgIpc) is 2.61. The SMILES string of the molecule is C#CCCN1CC[C@H]2OCC[C@H]2C1. The van der Waals surface area contributed by atoms with E-state index in [1.807, 2.05) is 0 Å². The van der Waals surface area contributed by atoms with Crippen LogP contribution in [-0.4, -0.2) is 37.2 Å². The fourth-order valence-corrected chi connectivity index (χ4v) is 2.38. The third-order valence-corrected chi connectivity index (χ3v) is 3.14. The number of ether oxygens (including phenoxy) is 1. The maximum Gasteiger partial charge on any atom is 0.0628 e. The third-order valence-electron chi connectivity index (χ3n) is 3.14. The van der Waals surface area contributed by atoms with Crippen LogP contribution in [0.5, 0.6) is 0 Å². The molecule has 2 aliphatic rings. The van der Waals surface area contributed by atoms with Crippen molar-refractivity contribution in [3.63, 3.8) is 0 Å². The molecule has 0 saturated carbocycles. The van der Waals surface area contributed by atoms with E-state index in [4.69, 9.17) is 11.2 Å². The smallest absolute Gasteiger partial charge is 0.0628 e. The highest BCUT2D eigenvalue weighted by Crippen LogP contribution is 2.28. The average molecular weight is 179 g/mol. The minimum Gasteiger partial charge on any atom is -0.378 e. The zero-order chi connectivity index (χ0) is 9.10. The molecule has 0 aromatic carbocycles. The Labute approximate surface area is 80.2 Å². The molecule has 0 spiro atoms. The van der Waals surface area contributed by atoms with Crippen molar-refractivity contribution in [1.29, 1.82) is 0 Å². The predicted octanol–water partition coefficient (Wildman–Crippen LogP) is 1.12. The quantitative estimate of drug-likeness (QED) is 0.589. The van der Waals surface area contributed by atoms with Crippen molar-refractivity contribution in [2.75, 3.05) is 26.2 Å². The van der Waals surface area contributed by atoms with E-state index in [0.717, 1.165) is 25.5 Å². The third kappa shape index (κ3) is 2.04. The van der Waals surface area contributed by atoms with E-state index in [0.29, 0.717) is 6.10 Å². The highest BCUT2D eigenvalue weighted by molar-refractivity contribution is 4.88. The Bertz CT molecular complexity index is 209. The summed E-state index contributed by atoms with van der Waals surface area (Å²) in [7, 11) is 0. The molecule has 2 fully saturated rings. The van der Waals surface area contributed by atoms with Gasteiger partial charge in [0.2, 0.25) is 0 Å². The van der Waals surface area contributed by atoms with Crippen LogP contribution in [0.1, 0.15) is 19.3 Å². The predicted molar refractivity (Wildman–Crippen MR) is 52.4 cm³/mol. The summed E-state index contributed by atoms with van der Waals surface area (Å²) in [4.78, 5) is 2.48. The molecule has 0 N–H and O–H groups in total. The fourth-order valence-electron chi connectivity index (χ4n) is 2.38. The number of piperidine rings is 1. The number of hydrogen-bond acceptors (Lipinski definition) is 2. The molecule has 0 aromatic rings. The minimum atomic E-state index is 0.557. The van der Waals surface area contributed by atoms with E-state index < -0.39 is 0 Å². The topological polar surface area (TPSA) is 12.5 Å². The molecule has 0 unspecified atom stereocenters. The molecule has 0 aliphatic carbocycles. The number of nitrogens with zero attached hydrogens (tertiary/aromatic N) is 1. The lowest BCUT2D eigenvalue weighted by Crippen LogP contribution is -2.41. The normalized spacial score (nSPS) is 34.1. The van der Waals surface area contributed by atoms with Crippen LogP contribution < -0.4 is 0 Å². The zero-order valence-electron chi connectivity index (χ0n) is 8.04. The second-order valence-electron chi connectivity index (χ2n) is 4.00. The second kappa shape index (κ2) is 4.13. The van der Waals surface area contributed by atoms with Gasteiger partial charge in [0, 0.05) is 38.6 Å². The summed E-state index contributed by atoms with van der Waals surface area (Å²) in [6, 6.07) is 0. The van der Waals surface area contributed by atoms with E-state index in [-0.39, 0.29) is 0 Å². The highest BCUT2D eigenvalue weighted by atomic mass is 16.5. The van der Waals surface area contributed by atoms with Gasteiger partial charge in [0.25, 0.3) is 0 Å². The van der Waals surface area contributed by atoms with Crippen LogP contribution in [0, 0.1) is 18.3 Å². The van der Waals surface area contributed by atoms with Crippen molar-refractivity contribution in [3.8, 4) is 12.3 Å². The Balaban J connectivity index is 1.80. The van der Waals surface area contributed by atoms with Crippen LogP contribution in [0.4, 0.5) is 0 Å². The summed E-state index contributed by atoms with van der Waals surface area (Å²) in [5, 5.41) is 0. The van der Waals surface area contributed by atoms with Gasteiger partial charge in [-0.2, -0.15) is 0 Å². The molecule has 2 heteroatoms. The molecule has 2 saturated heterocycles. The number of likely N-dealkylation sites (tertiary alicyclic amines) is 1. The van der Waals surface area contributed by atoms with Crippen LogP contribution in [0.2, 0.25) is 0 Å². The molecule has 0 radical (unpaired) electrons. The largest absolute Gasteiger partial charge is 0.378 e. The van der Waals surface area contributed by atoms with Crippen molar-refractivity contribution >= 4 is 0 Å². The van der Waals surface area contributed by atoms with Gasteiger partial charge in [0.1, 0.15) is 0 Å². The van der Waals surface area contributed by atoms with E-state index in [1.54, 1.807) is 0 Å². The summed E-state index contributed by atoms with van der Waals surface area (Å²) in [6.07, 6.45) is 9.15. The first-order valence-corrected chi connectivity index (χ1v) is 5.17. The van der Waals surface area contributed by atoms with Gasteiger partial charge in [-0.1, -0.05) is 0 Å². The van der Waals surface area contributed by atoms with Crippen LogP contribution >= 0.6 is 0 Å². The maximum atomic E-state index is 5.64. The minimum absolute atomic E-state index is 0.557. The van der Waals surface area contributed by atoms with E-state index in [2.05, 4.69) is 10.8 Å². The molecule has 0 aromatic heterocycles. The van der Waals surface area contributed by atoms with Gasteiger partial charge in [0.15, 0.2) is 0 Å². The molecule has 2 rings (SSSR count). The van der Waals surface area contributed by atoms with Gasteiger partial charge in [-0.15, -0.1) is 12.3 Å². The summed E-state index contributed by atoms with van der Waals surface area (Å²) < 4.78 is 5.64. The Morgan fingerprint density at radius 2 is 2.38 bits per heavy atom. The second-order valence-corrected chi connectivity index (χ2v) is 4.00. The van der Waals surface area contributed by atoms with E-state index in [1.165, 1.54) is 25.9 Å². The molecule has 2 nitrogen and oxygen atoms in total. The molecule has 72 valence electrons. The van der Waals surface area contributed by atoms with Crippen molar-refractivity contribution in [2.24, 2.45) is 5.92 Å². The van der Waals surface area contributed by atoms with Crippen LogP contribution in [0.3, 0.4) is 0 Å². The van der Waals surface area contributed by atoms with E-state index >= 15 is 0 Å². The fraction of sp³-hybridized carbons (Fsp3) is 0.818. The number of fused-ring (bicyclic) bond motifs is 1. The molecule has 2 aliphatic heterocycles. The number of terminal acetylenes is 1. The van der Waals surface area contributed by atoms with Gasteiger partial charge in [-0.25, -0.2) is 0 Å². The molecular formula is C11H17NO. The van der Waals surface area contributed by atoms with Crippen LogP contribution in [0.15, 0.2) is 0 Å². The first kappa shape index (κ1) is 9.05. The van der Waals surface area contributed by atoms with Crippen LogP contribution in [-0.2, 0) is 4.74 Å². The zero-order valence-corrected chi connectivity index (χ0v) is 8.04. The Morgan fingerprint density at radius 3 is 3.23 bits per heavy atom. The number of hydrogen-bond donors (Lipinski definition) is 0. The van der Waals surface area contributed by atoms with Gasteiger partial charge >= 0.3 is 0 Å². The Morgan fingerprint density at radius 1 is 1.46 bits per heavy atom. The highest BCUT2D eigenvalue weighted by Gasteiger charge is 2.33. The van der Waals surface area contributed by atoms with Crippen molar-refractivity contribution in [1.82, 2.24) is 4.90 Å². The first-order chi connectivity index (χ1) is 6.40. The summed E-state index contributed by atoms with van der Waals surface area (Å²) in [6.45, 7) is 4.41. The van der Waals surface area contributed by atoms with Gasteiger partial charge in [-0.3, -0.25) is 0 Å². The number of rotatable bonds is 2. The van der Waals surface area contributed by atoms with Crippen molar-refractivity contribution in [3.05, 3.63) is 0 Å². The van der Waals surface area contributed by atoms with Crippen molar-refractivity contribution in [2.45, 2.75) is 25.4 Å². The van der Waals surface area contributed by atoms with E-state index in [9.17, 15) is 0 Å². The molecule has 2 atom stereocenters. The molecule has 2 heterocycles. The lowest BCUT2D eigenvalue weighted by Gasteiger charge is -2.33. The van der Waals surface area contributed by atoms with Crippen molar-refractivity contribution < 1.29 is 4.74 Å².